The maximum Gasteiger partial charge on any atom is 0.404 e. The van der Waals surface area contributed by atoms with Gasteiger partial charge in [-0.25, -0.2) is 4.39 Å². The Morgan fingerprint density at radius 3 is 1.35 bits per heavy atom. The molecule has 17 heavy (non-hydrogen) atoms. The SMILES string of the molecule is CC1(F)C(F)(F)N(F)C(F)(F)C(F)(F)C1(F)F. The average Bonchev–Trinajstić information content (AvgIpc) is 2.13. The molecule has 1 unspecified atom stereocenters. The lowest BCUT2D eigenvalue weighted by Gasteiger charge is -2.49. The van der Waals surface area contributed by atoms with Gasteiger partial charge >= 0.3 is 23.9 Å². The number of nitrogens with zero attached hydrogens (tertiary/aromatic N) is 1. The minimum absolute atomic E-state index is 0.789. The molecule has 11 heteroatoms. The minimum Gasteiger partial charge on any atom is -0.229 e. The molecule has 1 atom stereocenters. The number of alkyl halides is 9. The molecule has 1 saturated heterocycles. The van der Waals surface area contributed by atoms with Crippen molar-refractivity contribution in [2.24, 2.45) is 0 Å². The van der Waals surface area contributed by atoms with Crippen molar-refractivity contribution in [2.45, 2.75) is 36.5 Å². The Balaban J connectivity index is 3.56. The van der Waals surface area contributed by atoms with Gasteiger partial charge in [-0.2, -0.15) is 35.1 Å². The fraction of sp³-hybridized carbons (Fsp3) is 1.00. The van der Waals surface area contributed by atoms with Gasteiger partial charge in [0, 0.05) is 0 Å². The average molecular weight is 279 g/mol. The molecule has 0 aromatic carbocycles. The topological polar surface area (TPSA) is 3.24 Å². The predicted molar refractivity (Wildman–Crippen MR) is 32.2 cm³/mol. The maximum absolute atomic E-state index is 12.9. The molecular formula is C6H3F10N. The quantitative estimate of drug-likeness (QED) is 0.373. The number of hydrogen-bond donors (Lipinski definition) is 0. The van der Waals surface area contributed by atoms with Gasteiger partial charge in [-0.15, -0.1) is 4.48 Å². The second-order valence-corrected chi connectivity index (χ2v) is 3.52. The molecule has 0 aromatic rings. The van der Waals surface area contributed by atoms with Crippen LogP contribution in [-0.4, -0.2) is 34.7 Å². The monoisotopic (exact) mass is 279 g/mol. The molecule has 102 valence electrons. The Kier molecular flexibility index (Phi) is 2.51. The van der Waals surface area contributed by atoms with Crippen molar-refractivity contribution in [3.63, 3.8) is 0 Å². The summed E-state index contributed by atoms with van der Waals surface area (Å²) >= 11 is 0. The predicted octanol–water partition coefficient (Wildman–Crippen LogP) is 3.37. The molecule has 1 fully saturated rings. The molecule has 0 aliphatic carbocycles. The molecule has 0 radical (unpaired) electrons. The molecule has 1 aliphatic heterocycles. The van der Waals surface area contributed by atoms with Gasteiger partial charge in [0.15, 0.2) is 0 Å². The summed E-state index contributed by atoms with van der Waals surface area (Å²) in [4.78, 5) is 0. The van der Waals surface area contributed by atoms with Crippen molar-refractivity contribution < 1.29 is 44.0 Å². The van der Waals surface area contributed by atoms with Crippen LogP contribution in [0.15, 0.2) is 0 Å². The summed E-state index contributed by atoms with van der Waals surface area (Å²) in [7, 11) is 0. The second kappa shape index (κ2) is 2.98. The molecule has 0 N–H and O–H groups in total. The van der Waals surface area contributed by atoms with E-state index in [1.807, 2.05) is 0 Å². The van der Waals surface area contributed by atoms with Gasteiger partial charge in [-0.3, -0.25) is 0 Å². The van der Waals surface area contributed by atoms with E-state index in [0.29, 0.717) is 0 Å². The molecule has 0 spiro atoms. The molecule has 1 heterocycles. The highest BCUT2D eigenvalue weighted by Gasteiger charge is 2.93. The first-order valence-corrected chi connectivity index (χ1v) is 3.82. The number of rotatable bonds is 0. The van der Waals surface area contributed by atoms with Crippen molar-refractivity contribution in [2.75, 3.05) is 0 Å². The van der Waals surface area contributed by atoms with Crippen LogP contribution in [0.1, 0.15) is 6.92 Å². The Morgan fingerprint density at radius 1 is 0.647 bits per heavy atom. The summed E-state index contributed by atoms with van der Waals surface area (Å²) in [5.74, 6) is -13.1. The third-order valence-corrected chi connectivity index (χ3v) is 2.42. The van der Waals surface area contributed by atoms with Crippen LogP contribution in [-0.2, 0) is 0 Å². The van der Waals surface area contributed by atoms with Crippen molar-refractivity contribution in [1.29, 1.82) is 0 Å². The lowest BCUT2D eigenvalue weighted by Crippen LogP contribution is -2.80. The third kappa shape index (κ3) is 1.20. The molecule has 1 aliphatic rings. The van der Waals surface area contributed by atoms with Crippen LogP contribution in [0.3, 0.4) is 0 Å². The summed E-state index contributed by atoms with van der Waals surface area (Å²) in [6, 6.07) is -12.7. The zero-order valence-electron chi connectivity index (χ0n) is 7.73. The fourth-order valence-corrected chi connectivity index (χ4v) is 1.16. The fourth-order valence-electron chi connectivity index (χ4n) is 1.16. The summed E-state index contributed by atoms with van der Waals surface area (Å²) in [5.41, 5.74) is -5.51. The van der Waals surface area contributed by atoms with E-state index < -0.39 is 41.7 Å². The van der Waals surface area contributed by atoms with Gasteiger partial charge in [0.1, 0.15) is 0 Å². The zero-order chi connectivity index (χ0) is 14.1. The van der Waals surface area contributed by atoms with Crippen molar-refractivity contribution in [1.82, 2.24) is 5.12 Å². The highest BCUT2D eigenvalue weighted by Crippen LogP contribution is 2.63. The summed E-state index contributed by atoms with van der Waals surface area (Å²) in [6.45, 7) is -0.789. The van der Waals surface area contributed by atoms with Gasteiger partial charge in [0.25, 0.3) is 5.67 Å². The highest BCUT2D eigenvalue weighted by atomic mass is 19.4. The van der Waals surface area contributed by atoms with E-state index in [-0.39, 0.29) is 0 Å². The van der Waals surface area contributed by atoms with Crippen LogP contribution in [0.4, 0.5) is 44.0 Å². The molecule has 1 rings (SSSR count). The standard InChI is InChI=1S/C6H3F10N/c1-2(7)3(8,9)4(10,11)6(14,15)17(16)5(2,12)13/h1H3. The van der Waals surface area contributed by atoms with Gasteiger partial charge in [0.05, 0.1) is 0 Å². The van der Waals surface area contributed by atoms with Crippen LogP contribution in [0.2, 0.25) is 0 Å². The summed E-state index contributed by atoms with van der Waals surface area (Å²) < 4.78 is 126. The molecule has 0 saturated carbocycles. The van der Waals surface area contributed by atoms with Crippen LogP contribution >= 0.6 is 0 Å². The minimum atomic E-state index is -6.64. The number of piperidine rings is 1. The Labute approximate surface area is 86.9 Å². The lowest BCUT2D eigenvalue weighted by molar-refractivity contribution is -0.515. The zero-order valence-corrected chi connectivity index (χ0v) is 7.73. The van der Waals surface area contributed by atoms with Gasteiger partial charge in [-0.1, -0.05) is 0 Å². The Bertz CT molecular complexity index is 304. The Hall–Kier alpha value is -0.740. The van der Waals surface area contributed by atoms with E-state index in [9.17, 15) is 44.0 Å². The molecular weight excluding hydrogens is 276 g/mol. The van der Waals surface area contributed by atoms with E-state index in [0.717, 1.165) is 0 Å². The second-order valence-electron chi connectivity index (χ2n) is 3.52. The highest BCUT2D eigenvalue weighted by molar-refractivity contribution is 5.15. The maximum atomic E-state index is 12.9. The van der Waals surface area contributed by atoms with Gasteiger partial charge in [-0.05, 0) is 12.0 Å². The number of hydrogen-bond acceptors (Lipinski definition) is 1. The van der Waals surface area contributed by atoms with Crippen LogP contribution in [0.25, 0.3) is 0 Å². The molecule has 1 nitrogen and oxygen atoms in total. The van der Waals surface area contributed by atoms with Crippen LogP contribution < -0.4 is 0 Å². The van der Waals surface area contributed by atoms with E-state index in [1.54, 1.807) is 0 Å². The first kappa shape index (κ1) is 14.3. The van der Waals surface area contributed by atoms with Gasteiger partial charge in [0.2, 0.25) is 0 Å². The van der Waals surface area contributed by atoms with Gasteiger partial charge < -0.3 is 0 Å². The lowest BCUT2D eigenvalue weighted by atomic mass is 9.86. The summed E-state index contributed by atoms with van der Waals surface area (Å²) in [5, 5.41) is -3.18. The largest absolute Gasteiger partial charge is 0.404 e. The van der Waals surface area contributed by atoms with Crippen LogP contribution in [0.5, 0.6) is 0 Å². The van der Waals surface area contributed by atoms with E-state index >= 15 is 0 Å². The third-order valence-electron chi connectivity index (χ3n) is 2.42. The molecule has 0 bridgehead atoms. The van der Waals surface area contributed by atoms with Crippen molar-refractivity contribution in [3.8, 4) is 0 Å². The normalized spacial score (nSPS) is 39.0. The van der Waals surface area contributed by atoms with Crippen molar-refractivity contribution in [3.05, 3.63) is 0 Å². The summed E-state index contributed by atoms with van der Waals surface area (Å²) in [6.07, 6.45) is 0. The molecule has 0 amide bonds. The Morgan fingerprint density at radius 2 is 1.00 bits per heavy atom. The first-order chi connectivity index (χ1) is 7.15. The van der Waals surface area contributed by atoms with E-state index in [1.165, 1.54) is 0 Å². The van der Waals surface area contributed by atoms with E-state index in [4.69, 9.17) is 0 Å². The molecule has 0 aromatic heterocycles. The number of halogens is 10. The van der Waals surface area contributed by atoms with E-state index in [2.05, 4.69) is 0 Å². The first-order valence-electron chi connectivity index (χ1n) is 3.82. The van der Waals surface area contributed by atoms with Crippen LogP contribution in [0, 0.1) is 0 Å². The smallest absolute Gasteiger partial charge is 0.229 e. The van der Waals surface area contributed by atoms with Crippen molar-refractivity contribution >= 4 is 0 Å².